The second kappa shape index (κ2) is 5.53. The molecule has 2 heterocycles. The number of anilines is 1. The summed E-state index contributed by atoms with van der Waals surface area (Å²) < 4.78 is 43.3. The molecule has 3 aromatic rings. The number of nitrogens with zero attached hydrogens (tertiary/aromatic N) is 2. The van der Waals surface area contributed by atoms with E-state index in [9.17, 15) is 13.0 Å². The number of rotatable bonds is 4. The molecule has 2 N–H and O–H groups in total. The highest BCUT2D eigenvalue weighted by molar-refractivity contribution is 7.86. The molecule has 0 aliphatic heterocycles. The summed E-state index contributed by atoms with van der Waals surface area (Å²) in [4.78, 5) is 3.32. The first-order valence-electron chi connectivity index (χ1n) is 6.64. The van der Waals surface area contributed by atoms with Gasteiger partial charge >= 0.3 is 0 Å². The average molecular weight is 324 g/mol. The van der Waals surface area contributed by atoms with Crippen LogP contribution in [0.15, 0.2) is 35.6 Å². The Kier molecular flexibility index (Phi) is 3.69. The molecule has 0 radical (unpaired) electrons. The van der Waals surface area contributed by atoms with E-state index in [1.807, 2.05) is 13.8 Å². The number of aromatic nitrogens is 3. The lowest BCUT2D eigenvalue weighted by Crippen LogP contribution is -2.04. The summed E-state index contributed by atoms with van der Waals surface area (Å²) in [7, 11) is -1.55. The number of hydrogen-bond acceptors (Lipinski definition) is 2. The third kappa shape index (κ3) is 2.61. The molecule has 0 spiro atoms. The number of fused-ring (bicyclic) bond motifs is 1. The van der Waals surface area contributed by atoms with Gasteiger partial charge in [-0.15, -0.1) is 0 Å². The predicted octanol–water partition coefficient (Wildman–Crippen LogP) is 3.36. The lowest BCUT2D eigenvalue weighted by molar-refractivity contribution is 0.511. The van der Waals surface area contributed by atoms with Crippen molar-refractivity contribution in [2.45, 2.75) is 24.8 Å². The van der Waals surface area contributed by atoms with Crippen molar-refractivity contribution < 1.29 is 13.0 Å². The van der Waals surface area contributed by atoms with Gasteiger partial charge in [0.2, 0.25) is 0 Å². The van der Waals surface area contributed by atoms with Crippen molar-refractivity contribution in [2.75, 3.05) is 4.72 Å². The third-order valence-electron chi connectivity index (χ3n) is 3.25. The maximum atomic E-state index is 13.4. The van der Waals surface area contributed by atoms with Gasteiger partial charge in [-0.25, -0.2) is 13.0 Å². The van der Waals surface area contributed by atoms with Crippen LogP contribution in [0.4, 0.5) is 14.5 Å². The summed E-state index contributed by atoms with van der Waals surface area (Å²) in [6.45, 7) is 3.92. The van der Waals surface area contributed by atoms with E-state index >= 15 is 0 Å². The Balaban J connectivity index is 1.89. The molecule has 116 valence electrons. The number of benzene rings is 1. The fraction of sp³-hybridized carbons (Fsp3) is 0.214. The van der Waals surface area contributed by atoms with Gasteiger partial charge in [0.15, 0.2) is 22.6 Å². The Hall–Kier alpha value is -2.22. The maximum Gasteiger partial charge on any atom is 0.160 e. The molecule has 0 saturated heterocycles. The van der Waals surface area contributed by atoms with Crippen LogP contribution in [0.25, 0.3) is 10.9 Å². The second-order valence-corrected chi connectivity index (χ2v) is 6.35. The highest BCUT2D eigenvalue weighted by Gasteiger charge is 2.13. The van der Waals surface area contributed by atoms with E-state index in [4.69, 9.17) is 0 Å². The number of nitrogens with one attached hydrogen (secondary N) is 2. The van der Waals surface area contributed by atoms with Gasteiger partial charge in [-0.1, -0.05) is 0 Å². The molecule has 0 aliphatic rings. The molecule has 0 saturated carbocycles. The fourth-order valence-electron chi connectivity index (χ4n) is 2.06. The highest BCUT2D eigenvalue weighted by atomic mass is 32.2. The van der Waals surface area contributed by atoms with E-state index in [0.717, 1.165) is 12.1 Å². The molecular weight excluding hydrogens is 310 g/mol. The number of H-pyrrole nitrogens is 1. The predicted molar refractivity (Wildman–Crippen MR) is 80.9 cm³/mol. The first-order chi connectivity index (χ1) is 10.5. The SMILES string of the molecule is CC(C)n1cc(S(=O)Nc2c[nH]c3cc(F)c(F)cc23)cn1. The molecule has 0 aliphatic carbocycles. The lowest BCUT2D eigenvalue weighted by atomic mass is 10.2. The molecule has 8 heteroatoms. The Morgan fingerprint density at radius 1 is 1.32 bits per heavy atom. The largest absolute Gasteiger partial charge is 0.359 e. The molecule has 0 fully saturated rings. The zero-order valence-corrected chi connectivity index (χ0v) is 12.7. The Bertz CT molecular complexity index is 856. The fourth-order valence-corrected chi connectivity index (χ4v) is 2.89. The smallest absolute Gasteiger partial charge is 0.160 e. The quantitative estimate of drug-likeness (QED) is 0.773. The minimum atomic E-state index is -1.55. The Morgan fingerprint density at radius 2 is 2.05 bits per heavy atom. The van der Waals surface area contributed by atoms with Gasteiger partial charge in [-0.3, -0.25) is 9.40 Å². The van der Waals surface area contributed by atoms with Crippen LogP contribution in [0.5, 0.6) is 0 Å². The van der Waals surface area contributed by atoms with Gasteiger partial charge in [0.25, 0.3) is 0 Å². The zero-order valence-electron chi connectivity index (χ0n) is 11.9. The minimum absolute atomic E-state index is 0.163. The second-order valence-electron chi connectivity index (χ2n) is 5.13. The molecule has 22 heavy (non-hydrogen) atoms. The zero-order chi connectivity index (χ0) is 15.9. The van der Waals surface area contributed by atoms with Gasteiger partial charge in [0.05, 0.1) is 22.3 Å². The normalized spacial score (nSPS) is 13.0. The van der Waals surface area contributed by atoms with Crippen molar-refractivity contribution in [3.05, 3.63) is 42.4 Å². The first kappa shape index (κ1) is 14.7. The molecule has 0 amide bonds. The summed E-state index contributed by atoms with van der Waals surface area (Å²) in [6, 6.07) is 2.30. The summed E-state index contributed by atoms with van der Waals surface area (Å²) >= 11 is 0. The lowest BCUT2D eigenvalue weighted by Gasteiger charge is -2.04. The van der Waals surface area contributed by atoms with Crippen molar-refractivity contribution in [3.8, 4) is 0 Å². The van der Waals surface area contributed by atoms with Crippen molar-refractivity contribution >= 4 is 27.6 Å². The van der Waals surface area contributed by atoms with Crippen LogP contribution >= 0.6 is 0 Å². The molecule has 1 aromatic carbocycles. The molecule has 2 aromatic heterocycles. The van der Waals surface area contributed by atoms with Gasteiger partial charge in [0, 0.05) is 29.9 Å². The molecule has 1 atom stereocenters. The molecule has 3 rings (SSSR count). The molecule has 5 nitrogen and oxygen atoms in total. The van der Waals surface area contributed by atoms with E-state index in [1.54, 1.807) is 10.9 Å². The molecule has 0 bridgehead atoms. The number of hydrogen-bond donors (Lipinski definition) is 2. The average Bonchev–Trinajstić information content (AvgIpc) is 3.08. The maximum absolute atomic E-state index is 13.4. The number of halogens is 2. The van der Waals surface area contributed by atoms with E-state index in [-0.39, 0.29) is 6.04 Å². The summed E-state index contributed by atoms with van der Waals surface area (Å²) in [5.74, 6) is -1.88. The van der Waals surface area contributed by atoms with Crippen molar-refractivity contribution in [1.29, 1.82) is 0 Å². The van der Waals surface area contributed by atoms with E-state index in [1.165, 1.54) is 12.4 Å². The summed E-state index contributed by atoms with van der Waals surface area (Å²) in [5.41, 5.74) is 0.862. The van der Waals surface area contributed by atoms with Gasteiger partial charge in [0.1, 0.15) is 0 Å². The Labute approximate surface area is 127 Å². The van der Waals surface area contributed by atoms with E-state index in [2.05, 4.69) is 14.8 Å². The van der Waals surface area contributed by atoms with Gasteiger partial charge in [-0.05, 0) is 19.9 Å². The monoisotopic (exact) mass is 324 g/mol. The topological polar surface area (TPSA) is 62.7 Å². The number of aromatic amines is 1. The molecule has 1 unspecified atom stereocenters. The van der Waals surface area contributed by atoms with Crippen LogP contribution in [-0.2, 0) is 11.0 Å². The first-order valence-corrected chi connectivity index (χ1v) is 7.79. The van der Waals surface area contributed by atoms with Crippen LogP contribution in [-0.4, -0.2) is 19.0 Å². The Morgan fingerprint density at radius 3 is 2.73 bits per heavy atom. The van der Waals surface area contributed by atoms with Crippen LogP contribution in [0.3, 0.4) is 0 Å². The van der Waals surface area contributed by atoms with Crippen LogP contribution in [0.2, 0.25) is 0 Å². The van der Waals surface area contributed by atoms with Crippen LogP contribution < -0.4 is 4.72 Å². The standard InChI is InChI=1S/C14H14F2N4OS/c1-8(2)20-7-9(5-18-20)22(21)19-14-6-17-13-4-12(16)11(15)3-10(13)14/h3-8,17,19H,1-2H3. The van der Waals surface area contributed by atoms with Crippen LogP contribution in [0, 0.1) is 11.6 Å². The van der Waals surface area contributed by atoms with Crippen molar-refractivity contribution in [3.63, 3.8) is 0 Å². The summed E-state index contributed by atoms with van der Waals surface area (Å²) in [5, 5.41) is 4.55. The van der Waals surface area contributed by atoms with Crippen molar-refractivity contribution in [1.82, 2.24) is 14.8 Å². The molecular formula is C14H14F2N4OS. The minimum Gasteiger partial charge on any atom is -0.359 e. The van der Waals surface area contributed by atoms with Gasteiger partial charge < -0.3 is 4.98 Å². The van der Waals surface area contributed by atoms with E-state index < -0.39 is 22.6 Å². The highest BCUT2D eigenvalue weighted by Crippen LogP contribution is 2.26. The third-order valence-corrected chi connectivity index (χ3v) is 4.29. The van der Waals surface area contributed by atoms with Crippen LogP contribution in [0.1, 0.15) is 19.9 Å². The summed E-state index contributed by atoms with van der Waals surface area (Å²) in [6.07, 6.45) is 4.72. The van der Waals surface area contributed by atoms with Gasteiger partial charge in [-0.2, -0.15) is 5.10 Å². The van der Waals surface area contributed by atoms with E-state index in [0.29, 0.717) is 21.5 Å². The van der Waals surface area contributed by atoms with Crippen molar-refractivity contribution in [2.24, 2.45) is 0 Å².